The van der Waals surface area contributed by atoms with Crippen molar-refractivity contribution >= 4 is 5.97 Å². The van der Waals surface area contributed by atoms with Crippen LogP contribution in [0.2, 0.25) is 0 Å². The van der Waals surface area contributed by atoms with Gasteiger partial charge in [0.05, 0.1) is 16.8 Å². The first-order valence-corrected chi connectivity index (χ1v) is 5.25. The summed E-state index contributed by atoms with van der Waals surface area (Å²) in [5.41, 5.74) is -1.31. The van der Waals surface area contributed by atoms with Crippen LogP contribution < -0.4 is 0 Å². The highest BCUT2D eigenvalue weighted by Gasteiger charge is 2.36. The van der Waals surface area contributed by atoms with Crippen LogP contribution in [0.25, 0.3) is 11.3 Å². The van der Waals surface area contributed by atoms with Crippen molar-refractivity contribution in [3.05, 3.63) is 53.7 Å². The summed E-state index contributed by atoms with van der Waals surface area (Å²) in [5, 5.41) is 8.87. The van der Waals surface area contributed by atoms with Crippen LogP contribution in [-0.2, 0) is 6.18 Å². The predicted molar refractivity (Wildman–Crippen MR) is 61.6 cm³/mol. The number of aromatic nitrogens is 1. The molecular formula is C13H8F3NO2. The van der Waals surface area contributed by atoms with E-state index in [1.807, 2.05) is 0 Å². The Morgan fingerprint density at radius 3 is 2.32 bits per heavy atom. The van der Waals surface area contributed by atoms with Crippen LogP contribution >= 0.6 is 0 Å². The van der Waals surface area contributed by atoms with Crippen LogP contribution in [0.4, 0.5) is 13.2 Å². The summed E-state index contributed by atoms with van der Waals surface area (Å²) >= 11 is 0. The van der Waals surface area contributed by atoms with Gasteiger partial charge in [-0.15, -0.1) is 0 Å². The maximum atomic E-state index is 12.6. The third-order valence-corrected chi connectivity index (χ3v) is 2.51. The quantitative estimate of drug-likeness (QED) is 0.906. The van der Waals surface area contributed by atoms with Crippen LogP contribution in [0.3, 0.4) is 0 Å². The second kappa shape index (κ2) is 4.72. The zero-order chi connectivity index (χ0) is 14.0. The van der Waals surface area contributed by atoms with Crippen molar-refractivity contribution < 1.29 is 23.1 Å². The summed E-state index contributed by atoms with van der Waals surface area (Å²) in [7, 11) is 0. The van der Waals surface area contributed by atoms with Crippen molar-refractivity contribution in [2.75, 3.05) is 0 Å². The van der Waals surface area contributed by atoms with Gasteiger partial charge in [0.1, 0.15) is 0 Å². The molecule has 1 N–H and O–H groups in total. The molecule has 0 unspecified atom stereocenters. The van der Waals surface area contributed by atoms with Crippen LogP contribution in [-0.4, -0.2) is 16.1 Å². The molecule has 0 radical (unpaired) electrons. The second-order valence-electron chi connectivity index (χ2n) is 3.78. The number of hydrogen-bond acceptors (Lipinski definition) is 2. The molecule has 2 aromatic rings. The molecule has 0 spiro atoms. The van der Waals surface area contributed by atoms with Crippen LogP contribution in [0.15, 0.2) is 42.6 Å². The van der Waals surface area contributed by atoms with Crippen LogP contribution in [0.1, 0.15) is 15.9 Å². The number of alkyl halides is 3. The van der Waals surface area contributed by atoms with Crippen molar-refractivity contribution in [3.8, 4) is 11.3 Å². The molecule has 0 atom stereocenters. The van der Waals surface area contributed by atoms with Gasteiger partial charge in [-0.1, -0.05) is 30.3 Å². The highest BCUT2D eigenvalue weighted by atomic mass is 19.4. The van der Waals surface area contributed by atoms with Crippen molar-refractivity contribution in [1.29, 1.82) is 0 Å². The number of pyridine rings is 1. The highest BCUT2D eigenvalue weighted by molar-refractivity contribution is 5.90. The number of rotatable bonds is 2. The molecule has 0 amide bonds. The zero-order valence-corrected chi connectivity index (χ0v) is 9.48. The smallest absolute Gasteiger partial charge is 0.418 e. The number of carboxylic acid groups (broad SMARTS) is 1. The number of halogens is 3. The van der Waals surface area contributed by atoms with Gasteiger partial charge in [0.2, 0.25) is 0 Å². The molecule has 19 heavy (non-hydrogen) atoms. The predicted octanol–water partition coefficient (Wildman–Crippen LogP) is 3.47. The average Bonchev–Trinajstić information content (AvgIpc) is 2.38. The molecule has 0 bridgehead atoms. The van der Waals surface area contributed by atoms with E-state index in [0.717, 1.165) is 6.07 Å². The lowest BCUT2D eigenvalue weighted by molar-refractivity contribution is -0.138. The molecule has 6 heteroatoms. The lowest BCUT2D eigenvalue weighted by Crippen LogP contribution is -2.13. The van der Waals surface area contributed by atoms with Crippen molar-refractivity contribution in [2.45, 2.75) is 6.18 Å². The van der Waals surface area contributed by atoms with Crippen LogP contribution in [0, 0.1) is 0 Å². The van der Waals surface area contributed by atoms with Gasteiger partial charge in [-0.2, -0.15) is 13.2 Å². The minimum Gasteiger partial charge on any atom is -0.478 e. The summed E-state index contributed by atoms with van der Waals surface area (Å²) in [6.45, 7) is 0. The summed E-state index contributed by atoms with van der Waals surface area (Å²) in [6.07, 6.45) is -4.19. The molecule has 0 aliphatic heterocycles. The Balaban J connectivity index is 2.58. The van der Waals surface area contributed by atoms with Gasteiger partial charge in [-0.3, -0.25) is 4.98 Å². The molecule has 1 heterocycles. The maximum absolute atomic E-state index is 12.6. The zero-order valence-electron chi connectivity index (χ0n) is 9.48. The lowest BCUT2D eigenvalue weighted by atomic mass is 10.1. The SMILES string of the molecule is O=C(O)c1cc(-c2ccccc2)ncc1C(F)(F)F. The Morgan fingerprint density at radius 2 is 1.79 bits per heavy atom. The maximum Gasteiger partial charge on any atom is 0.418 e. The van der Waals surface area contributed by atoms with E-state index < -0.39 is 23.3 Å². The van der Waals surface area contributed by atoms with Gasteiger partial charge in [0, 0.05) is 11.8 Å². The third-order valence-electron chi connectivity index (χ3n) is 2.51. The molecule has 0 aliphatic carbocycles. The van der Waals surface area contributed by atoms with Crippen molar-refractivity contribution in [2.24, 2.45) is 0 Å². The van der Waals surface area contributed by atoms with E-state index in [-0.39, 0.29) is 5.69 Å². The monoisotopic (exact) mass is 267 g/mol. The summed E-state index contributed by atoms with van der Waals surface area (Å²) in [4.78, 5) is 14.6. The fraction of sp³-hybridized carbons (Fsp3) is 0.0769. The number of hydrogen-bond donors (Lipinski definition) is 1. The Bertz CT molecular complexity index is 609. The summed E-state index contributed by atoms with van der Waals surface area (Å²) in [6, 6.07) is 9.33. The van der Waals surface area contributed by atoms with Gasteiger partial charge in [0.15, 0.2) is 0 Å². The molecule has 0 fully saturated rings. The van der Waals surface area contributed by atoms with E-state index in [2.05, 4.69) is 4.98 Å². The summed E-state index contributed by atoms with van der Waals surface area (Å²) < 4.78 is 37.9. The first-order chi connectivity index (χ1) is 8.89. The van der Waals surface area contributed by atoms with Crippen LogP contribution in [0.5, 0.6) is 0 Å². The largest absolute Gasteiger partial charge is 0.478 e. The molecule has 0 aliphatic rings. The molecule has 0 saturated carbocycles. The fourth-order valence-electron chi connectivity index (χ4n) is 1.62. The second-order valence-corrected chi connectivity index (χ2v) is 3.78. The van der Waals surface area contributed by atoms with Gasteiger partial charge >= 0.3 is 12.1 Å². The van der Waals surface area contributed by atoms with Crippen molar-refractivity contribution in [3.63, 3.8) is 0 Å². The standard InChI is InChI=1S/C13H8F3NO2/c14-13(15,16)10-7-17-11(6-9(10)12(18)19)8-4-2-1-3-5-8/h1-7H,(H,18,19). The molecule has 98 valence electrons. The fourth-order valence-corrected chi connectivity index (χ4v) is 1.62. The van der Waals surface area contributed by atoms with Gasteiger partial charge in [-0.05, 0) is 6.07 Å². The molecular weight excluding hydrogens is 259 g/mol. The number of carbonyl (C=O) groups is 1. The van der Waals surface area contributed by atoms with E-state index in [1.54, 1.807) is 30.3 Å². The average molecular weight is 267 g/mol. The Hall–Kier alpha value is -2.37. The van der Waals surface area contributed by atoms with Gasteiger partial charge < -0.3 is 5.11 Å². The first kappa shape index (κ1) is 13.1. The highest BCUT2D eigenvalue weighted by Crippen LogP contribution is 2.33. The normalized spacial score (nSPS) is 11.3. The number of benzene rings is 1. The number of nitrogens with zero attached hydrogens (tertiary/aromatic N) is 1. The Labute approximate surface area is 106 Å². The topological polar surface area (TPSA) is 50.2 Å². The van der Waals surface area contributed by atoms with E-state index >= 15 is 0 Å². The summed E-state index contributed by atoms with van der Waals surface area (Å²) in [5.74, 6) is -1.63. The number of aromatic carboxylic acids is 1. The molecule has 1 aromatic carbocycles. The van der Waals surface area contributed by atoms with E-state index in [9.17, 15) is 18.0 Å². The number of carboxylic acids is 1. The van der Waals surface area contributed by atoms with E-state index in [0.29, 0.717) is 11.8 Å². The van der Waals surface area contributed by atoms with Gasteiger partial charge in [-0.25, -0.2) is 4.79 Å². The van der Waals surface area contributed by atoms with E-state index in [1.165, 1.54) is 0 Å². The third kappa shape index (κ3) is 2.73. The first-order valence-electron chi connectivity index (χ1n) is 5.25. The Morgan fingerprint density at radius 1 is 1.16 bits per heavy atom. The Kier molecular flexibility index (Phi) is 3.25. The van der Waals surface area contributed by atoms with E-state index in [4.69, 9.17) is 5.11 Å². The minimum atomic E-state index is -4.74. The lowest BCUT2D eigenvalue weighted by Gasteiger charge is -2.11. The molecule has 0 saturated heterocycles. The van der Waals surface area contributed by atoms with Crippen molar-refractivity contribution in [1.82, 2.24) is 4.98 Å². The van der Waals surface area contributed by atoms with Gasteiger partial charge in [0.25, 0.3) is 0 Å². The molecule has 1 aromatic heterocycles. The minimum absolute atomic E-state index is 0.186. The molecule has 2 rings (SSSR count). The molecule has 3 nitrogen and oxygen atoms in total.